The van der Waals surface area contributed by atoms with E-state index in [2.05, 4.69) is 58.1 Å². The van der Waals surface area contributed by atoms with Crippen molar-refractivity contribution in [2.45, 2.75) is 31.2 Å². The molecule has 0 bridgehead atoms. The van der Waals surface area contributed by atoms with Crippen molar-refractivity contribution in [3.05, 3.63) is 48.0 Å². The van der Waals surface area contributed by atoms with Gasteiger partial charge in [-0.2, -0.15) is 0 Å². The maximum atomic E-state index is 4.32. The van der Waals surface area contributed by atoms with Crippen LogP contribution < -0.4 is 10.6 Å². The Hall–Kier alpha value is -1.04. The maximum Gasteiger partial charge on any atom is 0.191 e. The van der Waals surface area contributed by atoms with Gasteiger partial charge in [-0.3, -0.25) is 4.99 Å². The molecule has 0 radical (unpaired) electrons. The number of guanidine groups is 1. The summed E-state index contributed by atoms with van der Waals surface area (Å²) in [6.45, 7) is 1.01. The van der Waals surface area contributed by atoms with Crippen molar-refractivity contribution in [1.82, 2.24) is 10.6 Å². The zero-order valence-corrected chi connectivity index (χ0v) is 14.8. The third-order valence-corrected chi connectivity index (χ3v) is 4.25. The highest BCUT2D eigenvalue weighted by Gasteiger charge is 2.37. The summed E-state index contributed by atoms with van der Waals surface area (Å²) in [6.07, 6.45) is 7.97. The van der Waals surface area contributed by atoms with E-state index in [1.165, 1.54) is 12.0 Å². The fourth-order valence-electron chi connectivity index (χ4n) is 2.93. The summed E-state index contributed by atoms with van der Waals surface area (Å²) in [5.41, 5.74) is 1.47. The van der Waals surface area contributed by atoms with Crippen LogP contribution in [0.1, 0.15) is 30.7 Å². The van der Waals surface area contributed by atoms with E-state index in [1.54, 1.807) is 0 Å². The largest absolute Gasteiger partial charge is 0.356 e. The first-order valence-corrected chi connectivity index (χ1v) is 7.54. The van der Waals surface area contributed by atoms with Gasteiger partial charge in [-0.15, -0.1) is 24.0 Å². The molecule has 2 aliphatic rings. The first-order chi connectivity index (χ1) is 9.86. The van der Waals surface area contributed by atoms with Gasteiger partial charge in [0.2, 0.25) is 0 Å². The number of rotatable bonds is 4. The monoisotopic (exact) mass is 397 g/mol. The van der Waals surface area contributed by atoms with Crippen molar-refractivity contribution >= 4 is 29.9 Å². The third kappa shape index (κ3) is 4.46. The average molecular weight is 397 g/mol. The van der Waals surface area contributed by atoms with Crippen LogP contribution >= 0.6 is 24.0 Å². The first-order valence-electron chi connectivity index (χ1n) is 7.54. The predicted molar refractivity (Wildman–Crippen MR) is 99.4 cm³/mol. The number of nitrogens with zero attached hydrogens (tertiary/aromatic N) is 1. The van der Waals surface area contributed by atoms with E-state index in [1.807, 2.05) is 7.05 Å². The van der Waals surface area contributed by atoms with E-state index < -0.39 is 0 Å². The van der Waals surface area contributed by atoms with Gasteiger partial charge in [0, 0.05) is 19.6 Å². The molecule has 2 aliphatic carbocycles. The minimum Gasteiger partial charge on any atom is -0.356 e. The van der Waals surface area contributed by atoms with E-state index in [0.29, 0.717) is 6.04 Å². The molecular weight excluding hydrogens is 373 g/mol. The molecule has 2 unspecified atom stereocenters. The molecule has 21 heavy (non-hydrogen) atoms. The number of hydrogen-bond acceptors (Lipinski definition) is 1. The third-order valence-electron chi connectivity index (χ3n) is 4.25. The molecule has 0 spiro atoms. The molecule has 1 aromatic carbocycles. The highest BCUT2D eigenvalue weighted by molar-refractivity contribution is 14.0. The normalized spacial score (nSPS) is 24.5. The Morgan fingerprint density at radius 2 is 1.90 bits per heavy atom. The lowest BCUT2D eigenvalue weighted by Gasteiger charge is -2.16. The molecular formula is C17H24IN3. The van der Waals surface area contributed by atoms with Gasteiger partial charge in [-0.1, -0.05) is 42.5 Å². The zero-order chi connectivity index (χ0) is 13.8. The Morgan fingerprint density at radius 1 is 1.19 bits per heavy atom. The Balaban J connectivity index is 0.00000161. The molecule has 1 saturated carbocycles. The van der Waals surface area contributed by atoms with Crippen molar-refractivity contribution < 1.29 is 0 Å². The van der Waals surface area contributed by atoms with Crippen LogP contribution in [-0.2, 0) is 0 Å². The number of nitrogens with one attached hydrogen (secondary N) is 2. The molecule has 0 saturated heterocycles. The van der Waals surface area contributed by atoms with Gasteiger partial charge in [0.1, 0.15) is 0 Å². The number of benzene rings is 1. The fraction of sp³-hybridized carbons (Fsp3) is 0.471. The van der Waals surface area contributed by atoms with Crippen LogP contribution in [0.3, 0.4) is 0 Å². The summed E-state index contributed by atoms with van der Waals surface area (Å²) >= 11 is 0. The van der Waals surface area contributed by atoms with Crippen LogP contribution in [0.15, 0.2) is 47.5 Å². The van der Waals surface area contributed by atoms with Gasteiger partial charge in [-0.05, 0) is 36.7 Å². The second kappa shape index (κ2) is 7.82. The molecule has 0 aliphatic heterocycles. The Morgan fingerprint density at radius 3 is 2.57 bits per heavy atom. The molecule has 2 atom stereocenters. The van der Waals surface area contributed by atoms with Gasteiger partial charge >= 0.3 is 0 Å². The number of halogens is 1. The van der Waals surface area contributed by atoms with Crippen molar-refractivity contribution in [2.75, 3.05) is 13.6 Å². The van der Waals surface area contributed by atoms with Crippen LogP contribution in [0, 0.1) is 5.92 Å². The van der Waals surface area contributed by atoms with Crippen LogP contribution in [-0.4, -0.2) is 25.6 Å². The zero-order valence-electron chi connectivity index (χ0n) is 12.5. The molecule has 1 fully saturated rings. The van der Waals surface area contributed by atoms with Gasteiger partial charge in [0.15, 0.2) is 5.96 Å². The van der Waals surface area contributed by atoms with Crippen LogP contribution in [0.4, 0.5) is 0 Å². The molecule has 1 aromatic rings. The highest BCUT2D eigenvalue weighted by Crippen LogP contribution is 2.46. The lowest BCUT2D eigenvalue weighted by molar-refractivity contribution is 0.624. The molecule has 4 heteroatoms. The fourth-order valence-corrected chi connectivity index (χ4v) is 2.93. The summed E-state index contributed by atoms with van der Waals surface area (Å²) in [5, 5.41) is 6.95. The van der Waals surface area contributed by atoms with Gasteiger partial charge in [-0.25, -0.2) is 0 Å². The molecule has 114 valence electrons. The van der Waals surface area contributed by atoms with Gasteiger partial charge < -0.3 is 10.6 Å². The summed E-state index contributed by atoms with van der Waals surface area (Å²) in [4.78, 5) is 4.32. The van der Waals surface area contributed by atoms with Gasteiger partial charge in [0.05, 0.1) is 0 Å². The molecule has 2 N–H and O–H groups in total. The minimum absolute atomic E-state index is 0. The Kier molecular flexibility index (Phi) is 6.08. The van der Waals surface area contributed by atoms with Crippen molar-refractivity contribution in [3.8, 4) is 0 Å². The first kappa shape index (κ1) is 16.3. The second-order valence-corrected chi connectivity index (χ2v) is 5.75. The second-order valence-electron chi connectivity index (χ2n) is 5.75. The van der Waals surface area contributed by atoms with E-state index in [9.17, 15) is 0 Å². The minimum atomic E-state index is 0. The topological polar surface area (TPSA) is 36.4 Å². The summed E-state index contributed by atoms with van der Waals surface area (Å²) in [7, 11) is 1.85. The lowest BCUT2D eigenvalue weighted by Crippen LogP contribution is -2.43. The highest BCUT2D eigenvalue weighted by atomic mass is 127. The molecule has 3 nitrogen and oxygen atoms in total. The van der Waals surface area contributed by atoms with E-state index in [4.69, 9.17) is 0 Å². The Labute approximate surface area is 144 Å². The molecule has 0 heterocycles. The quantitative estimate of drug-likeness (QED) is 0.354. The summed E-state index contributed by atoms with van der Waals surface area (Å²) < 4.78 is 0. The van der Waals surface area contributed by atoms with E-state index in [0.717, 1.165) is 37.2 Å². The maximum absolute atomic E-state index is 4.32. The average Bonchev–Trinajstić information content (AvgIpc) is 3.10. The van der Waals surface area contributed by atoms with Crippen molar-refractivity contribution in [3.63, 3.8) is 0 Å². The van der Waals surface area contributed by atoms with E-state index in [-0.39, 0.29) is 24.0 Å². The summed E-state index contributed by atoms with van der Waals surface area (Å²) in [6, 6.07) is 11.3. The van der Waals surface area contributed by atoms with Crippen LogP contribution in [0.25, 0.3) is 0 Å². The van der Waals surface area contributed by atoms with Crippen molar-refractivity contribution in [2.24, 2.45) is 10.9 Å². The lowest BCUT2D eigenvalue weighted by atomic mass is 10.1. The molecule has 0 aromatic heterocycles. The van der Waals surface area contributed by atoms with Crippen molar-refractivity contribution in [1.29, 1.82) is 0 Å². The van der Waals surface area contributed by atoms with Crippen LogP contribution in [0.2, 0.25) is 0 Å². The number of hydrogen-bond donors (Lipinski definition) is 2. The predicted octanol–water partition coefficient (Wildman–Crippen LogP) is 3.29. The van der Waals surface area contributed by atoms with Gasteiger partial charge in [0.25, 0.3) is 0 Å². The Bertz CT molecular complexity index is 490. The smallest absolute Gasteiger partial charge is 0.191 e. The summed E-state index contributed by atoms with van der Waals surface area (Å²) in [5.74, 6) is 2.42. The SMILES string of the molecule is CN=C(NCC1CC1c1ccccc1)NC1CC=CC1.I. The van der Waals surface area contributed by atoms with Crippen LogP contribution in [0.5, 0.6) is 0 Å². The molecule has 0 amide bonds. The van der Waals surface area contributed by atoms with E-state index >= 15 is 0 Å². The standard InChI is InChI=1S/C17H23N3.HI/c1-18-17(20-15-9-5-6-10-15)19-12-14-11-16(14)13-7-3-2-4-8-13;/h2-8,14-16H,9-12H2,1H3,(H2,18,19,20);1H. The number of aliphatic imine (C=N–C) groups is 1. The molecule has 3 rings (SSSR count).